The molecule has 1 atom stereocenters. The Morgan fingerprint density at radius 1 is 1.67 bits per heavy atom. The SMILES string of the molecule is O=C(O)C(O)CCCCl. The number of hydrogen-bond acceptors (Lipinski definition) is 2. The molecule has 4 heteroatoms. The Morgan fingerprint density at radius 2 is 2.22 bits per heavy atom. The predicted molar refractivity (Wildman–Crippen MR) is 33.6 cm³/mol. The molecular weight excluding hydrogens is 144 g/mol. The Balaban J connectivity index is 3.27. The van der Waals surface area contributed by atoms with Crippen molar-refractivity contribution in [3.63, 3.8) is 0 Å². The molecule has 0 aromatic carbocycles. The third-order valence-electron chi connectivity index (χ3n) is 0.896. The highest BCUT2D eigenvalue weighted by atomic mass is 35.5. The third kappa shape index (κ3) is 4.24. The second kappa shape index (κ2) is 4.58. The van der Waals surface area contributed by atoms with Crippen molar-refractivity contribution < 1.29 is 15.0 Å². The van der Waals surface area contributed by atoms with E-state index in [1.165, 1.54) is 0 Å². The number of carboxylic acids is 1. The molecule has 2 N–H and O–H groups in total. The molecular formula is C5H9ClO3. The maximum atomic E-state index is 9.91. The van der Waals surface area contributed by atoms with Crippen molar-refractivity contribution in [2.75, 3.05) is 5.88 Å². The Labute approximate surface area is 58.3 Å². The summed E-state index contributed by atoms with van der Waals surface area (Å²) in [6.07, 6.45) is -0.475. The average Bonchev–Trinajstić information content (AvgIpc) is 1.82. The summed E-state index contributed by atoms with van der Waals surface area (Å²) in [5.74, 6) is -0.787. The predicted octanol–water partition coefficient (Wildman–Crippen LogP) is 0.451. The topological polar surface area (TPSA) is 57.5 Å². The lowest BCUT2D eigenvalue weighted by Gasteiger charge is -2.00. The van der Waals surface area contributed by atoms with Gasteiger partial charge in [-0.05, 0) is 12.8 Å². The van der Waals surface area contributed by atoms with Gasteiger partial charge in [-0.3, -0.25) is 0 Å². The third-order valence-corrected chi connectivity index (χ3v) is 1.16. The smallest absolute Gasteiger partial charge is 0.332 e. The molecule has 0 bridgehead atoms. The van der Waals surface area contributed by atoms with Crippen molar-refractivity contribution in [3.8, 4) is 0 Å². The molecule has 0 saturated heterocycles. The zero-order valence-electron chi connectivity index (χ0n) is 4.88. The molecule has 0 saturated carbocycles. The minimum atomic E-state index is -1.25. The van der Waals surface area contributed by atoms with E-state index in [0.29, 0.717) is 12.3 Å². The molecule has 0 fully saturated rings. The molecule has 0 aromatic rings. The van der Waals surface area contributed by atoms with E-state index in [1.807, 2.05) is 0 Å². The van der Waals surface area contributed by atoms with Crippen LogP contribution in [0.4, 0.5) is 0 Å². The van der Waals surface area contributed by atoms with Crippen molar-refractivity contribution in [2.24, 2.45) is 0 Å². The highest BCUT2D eigenvalue weighted by molar-refractivity contribution is 6.17. The Morgan fingerprint density at radius 3 is 2.56 bits per heavy atom. The summed E-state index contributed by atoms with van der Waals surface area (Å²) >= 11 is 5.25. The number of halogens is 1. The van der Waals surface area contributed by atoms with Crippen LogP contribution in [0.1, 0.15) is 12.8 Å². The van der Waals surface area contributed by atoms with Gasteiger partial charge in [0.05, 0.1) is 0 Å². The fourth-order valence-corrected chi connectivity index (χ4v) is 0.548. The standard InChI is InChI=1S/C5H9ClO3/c6-3-1-2-4(7)5(8)9/h4,7H,1-3H2,(H,8,9). The molecule has 0 heterocycles. The number of carbonyl (C=O) groups is 1. The fraction of sp³-hybridized carbons (Fsp3) is 0.800. The molecule has 1 unspecified atom stereocenters. The number of alkyl halides is 1. The van der Waals surface area contributed by atoms with E-state index in [1.54, 1.807) is 0 Å². The summed E-state index contributed by atoms with van der Waals surface area (Å²) in [5, 5.41) is 16.7. The van der Waals surface area contributed by atoms with Gasteiger partial charge in [-0.15, -0.1) is 11.6 Å². The first kappa shape index (κ1) is 8.72. The van der Waals surface area contributed by atoms with Crippen LogP contribution in [0.15, 0.2) is 0 Å². The highest BCUT2D eigenvalue weighted by Gasteiger charge is 2.10. The van der Waals surface area contributed by atoms with Crippen molar-refractivity contribution >= 4 is 17.6 Å². The molecule has 54 valence electrons. The van der Waals surface area contributed by atoms with E-state index in [4.69, 9.17) is 21.8 Å². The lowest BCUT2D eigenvalue weighted by Crippen LogP contribution is -2.18. The second-order valence-corrected chi connectivity index (χ2v) is 2.06. The molecule has 0 rings (SSSR count). The van der Waals surface area contributed by atoms with E-state index in [2.05, 4.69) is 0 Å². The van der Waals surface area contributed by atoms with Crippen molar-refractivity contribution in [2.45, 2.75) is 18.9 Å². The number of rotatable bonds is 4. The van der Waals surface area contributed by atoms with Crippen molar-refractivity contribution in [1.82, 2.24) is 0 Å². The van der Waals surface area contributed by atoms with Crippen LogP contribution in [0, 0.1) is 0 Å². The molecule has 0 aliphatic rings. The van der Waals surface area contributed by atoms with Crippen molar-refractivity contribution in [3.05, 3.63) is 0 Å². The second-order valence-electron chi connectivity index (χ2n) is 1.69. The quantitative estimate of drug-likeness (QED) is 0.576. The number of hydrogen-bond donors (Lipinski definition) is 2. The monoisotopic (exact) mass is 152 g/mol. The largest absolute Gasteiger partial charge is 0.479 e. The lowest BCUT2D eigenvalue weighted by molar-refractivity contribution is -0.146. The van der Waals surface area contributed by atoms with E-state index in [-0.39, 0.29) is 6.42 Å². The Bertz CT molecular complexity index is 94.2. The van der Waals surface area contributed by atoms with Crippen molar-refractivity contribution in [1.29, 1.82) is 0 Å². The number of aliphatic carboxylic acids is 1. The van der Waals surface area contributed by atoms with Crippen LogP contribution >= 0.6 is 11.6 Å². The van der Waals surface area contributed by atoms with Crippen LogP contribution in [0.5, 0.6) is 0 Å². The van der Waals surface area contributed by atoms with Gasteiger partial charge in [-0.25, -0.2) is 4.79 Å². The summed E-state index contributed by atoms with van der Waals surface area (Å²) in [5.41, 5.74) is 0. The van der Waals surface area contributed by atoms with E-state index in [9.17, 15) is 4.79 Å². The number of carboxylic acid groups (broad SMARTS) is 1. The first-order valence-corrected chi connectivity index (χ1v) is 3.18. The Kier molecular flexibility index (Phi) is 4.44. The van der Waals surface area contributed by atoms with Gasteiger partial charge >= 0.3 is 5.97 Å². The lowest BCUT2D eigenvalue weighted by atomic mass is 10.2. The fourth-order valence-electron chi connectivity index (χ4n) is 0.394. The zero-order chi connectivity index (χ0) is 7.28. The van der Waals surface area contributed by atoms with E-state index in [0.717, 1.165) is 0 Å². The van der Waals surface area contributed by atoms with Gasteiger partial charge in [0.1, 0.15) is 0 Å². The van der Waals surface area contributed by atoms with Crippen LogP contribution < -0.4 is 0 Å². The van der Waals surface area contributed by atoms with Crippen LogP contribution in [-0.4, -0.2) is 28.2 Å². The first-order valence-electron chi connectivity index (χ1n) is 2.65. The normalized spacial score (nSPS) is 13.1. The van der Waals surface area contributed by atoms with Gasteiger partial charge in [-0.2, -0.15) is 0 Å². The minimum Gasteiger partial charge on any atom is -0.479 e. The van der Waals surface area contributed by atoms with E-state index < -0.39 is 12.1 Å². The van der Waals surface area contributed by atoms with Gasteiger partial charge in [-0.1, -0.05) is 0 Å². The molecule has 9 heavy (non-hydrogen) atoms. The Hall–Kier alpha value is -0.280. The maximum Gasteiger partial charge on any atom is 0.332 e. The molecule has 0 spiro atoms. The molecule has 0 aromatic heterocycles. The number of aliphatic hydroxyl groups excluding tert-OH is 1. The van der Waals surface area contributed by atoms with Gasteiger partial charge in [0.15, 0.2) is 6.10 Å². The van der Waals surface area contributed by atoms with Crippen LogP contribution in [0.3, 0.4) is 0 Å². The summed E-state index contributed by atoms with van der Waals surface area (Å²) in [7, 11) is 0. The molecule has 0 radical (unpaired) electrons. The summed E-state index contributed by atoms with van der Waals surface area (Å²) in [4.78, 5) is 9.91. The highest BCUT2D eigenvalue weighted by Crippen LogP contribution is 1.97. The molecule has 3 nitrogen and oxygen atoms in total. The van der Waals surface area contributed by atoms with Gasteiger partial charge < -0.3 is 10.2 Å². The summed E-state index contributed by atoms with van der Waals surface area (Å²) in [6, 6.07) is 0. The number of aliphatic hydroxyl groups is 1. The maximum absolute atomic E-state index is 9.91. The van der Waals surface area contributed by atoms with Gasteiger partial charge in [0.25, 0.3) is 0 Å². The average molecular weight is 153 g/mol. The van der Waals surface area contributed by atoms with E-state index >= 15 is 0 Å². The van der Waals surface area contributed by atoms with Crippen LogP contribution in [-0.2, 0) is 4.79 Å². The molecule has 0 aliphatic carbocycles. The molecule has 0 aliphatic heterocycles. The van der Waals surface area contributed by atoms with Gasteiger partial charge in [0.2, 0.25) is 0 Å². The summed E-state index contributed by atoms with van der Waals surface area (Å²) < 4.78 is 0. The molecule has 0 amide bonds. The van der Waals surface area contributed by atoms with Gasteiger partial charge in [0, 0.05) is 5.88 Å². The minimum absolute atomic E-state index is 0.235. The summed E-state index contributed by atoms with van der Waals surface area (Å²) in [6.45, 7) is 0. The van der Waals surface area contributed by atoms with Crippen LogP contribution in [0.2, 0.25) is 0 Å². The zero-order valence-corrected chi connectivity index (χ0v) is 5.64. The van der Waals surface area contributed by atoms with Crippen LogP contribution in [0.25, 0.3) is 0 Å². The first-order chi connectivity index (χ1) is 4.18.